The van der Waals surface area contributed by atoms with Gasteiger partial charge in [-0.15, -0.1) is 0 Å². The minimum absolute atomic E-state index is 0.652. The standard InChI is InChI=1S/C21H34N2O16/c1-7(25)22-14-17(32)16(31)11(38-19(14)33)6-37-21(20(34)35)3-9(27)13(23-12(29)4-24)18(39-21)15(30)10(28)5-36-8(2)26/h9-11,13-19,24,27-28,30-33H,3-6H2,1-2H3,(H,22,25)(H,23,29)(H,34,35)/t9-,10+,11+,13+,14+,15+,16-,17+,18+,19+,21+/m0/s1. The van der Waals surface area contributed by atoms with Crippen LogP contribution in [0.5, 0.6) is 0 Å². The molecular formula is C21H34N2O16. The van der Waals surface area contributed by atoms with Gasteiger partial charge in [0, 0.05) is 20.3 Å². The quantitative estimate of drug-likeness (QED) is 0.103. The van der Waals surface area contributed by atoms with Crippen molar-refractivity contribution in [2.45, 2.75) is 87.2 Å². The highest BCUT2D eigenvalue weighted by atomic mass is 16.7. The number of ether oxygens (including phenoxy) is 4. The summed E-state index contributed by atoms with van der Waals surface area (Å²) in [7, 11) is 0. The van der Waals surface area contributed by atoms with E-state index in [1.807, 2.05) is 0 Å². The number of carboxylic acid groups (broad SMARTS) is 1. The minimum atomic E-state index is -2.81. The molecule has 0 aromatic carbocycles. The zero-order valence-corrected chi connectivity index (χ0v) is 20.9. The van der Waals surface area contributed by atoms with Gasteiger partial charge in [-0.25, -0.2) is 4.79 Å². The van der Waals surface area contributed by atoms with E-state index >= 15 is 0 Å². The topological polar surface area (TPSA) is 291 Å². The second kappa shape index (κ2) is 13.7. The van der Waals surface area contributed by atoms with E-state index in [1.165, 1.54) is 0 Å². The average Bonchev–Trinajstić information content (AvgIpc) is 2.86. The largest absolute Gasteiger partial charge is 0.477 e. The zero-order valence-electron chi connectivity index (χ0n) is 20.9. The van der Waals surface area contributed by atoms with E-state index in [0.717, 1.165) is 13.8 Å². The van der Waals surface area contributed by atoms with Crippen LogP contribution in [0.2, 0.25) is 0 Å². The number of carbonyl (C=O) groups is 4. The van der Waals surface area contributed by atoms with Crippen molar-refractivity contribution in [3.63, 3.8) is 0 Å². The Hall–Kier alpha value is -2.52. The molecule has 0 saturated carbocycles. The highest BCUT2D eigenvalue weighted by molar-refractivity contribution is 5.78. The Morgan fingerprint density at radius 2 is 1.67 bits per heavy atom. The van der Waals surface area contributed by atoms with Crippen molar-refractivity contribution in [2.24, 2.45) is 0 Å². The summed E-state index contributed by atoms with van der Waals surface area (Å²) < 4.78 is 20.6. The Morgan fingerprint density at radius 1 is 1.03 bits per heavy atom. The first-order valence-electron chi connectivity index (χ1n) is 11.7. The van der Waals surface area contributed by atoms with E-state index in [0.29, 0.717) is 0 Å². The van der Waals surface area contributed by atoms with Gasteiger partial charge in [0.2, 0.25) is 11.8 Å². The highest BCUT2D eigenvalue weighted by Crippen LogP contribution is 2.34. The van der Waals surface area contributed by atoms with Crippen molar-refractivity contribution in [3.05, 3.63) is 0 Å². The fourth-order valence-electron chi connectivity index (χ4n) is 4.16. The van der Waals surface area contributed by atoms with E-state index in [4.69, 9.17) is 19.3 Å². The fraction of sp³-hybridized carbons (Fsp3) is 0.810. The van der Waals surface area contributed by atoms with Gasteiger partial charge in [-0.3, -0.25) is 14.4 Å². The average molecular weight is 571 g/mol. The molecule has 18 nitrogen and oxygen atoms in total. The van der Waals surface area contributed by atoms with Gasteiger partial charge in [-0.1, -0.05) is 0 Å². The van der Waals surface area contributed by atoms with Gasteiger partial charge in [0.15, 0.2) is 6.29 Å². The number of rotatable bonds is 11. The lowest BCUT2D eigenvalue weighted by Gasteiger charge is -2.47. The first-order chi connectivity index (χ1) is 18.1. The van der Waals surface area contributed by atoms with Crippen LogP contribution in [-0.2, 0) is 38.1 Å². The molecule has 0 bridgehead atoms. The van der Waals surface area contributed by atoms with Gasteiger partial charge in [0.1, 0.15) is 55.9 Å². The van der Waals surface area contributed by atoms with Crippen molar-refractivity contribution in [2.75, 3.05) is 19.8 Å². The number of carboxylic acids is 1. The highest BCUT2D eigenvalue weighted by Gasteiger charge is 2.57. The summed E-state index contributed by atoms with van der Waals surface area (Å²) in [6.07, 6.45) is -15.7. The Labute approximate surface area is 221 Å². The van der Waals surface area contributed by atoms with Crippen molar-refractivity contribution in [1.82, 2.24) is 10.6 Å². The number of hydrogen-bond donors (Lipinski definition) is 10. The van der Waals surface area contributed by atoms with E-state index in [1.54, 1.807) is 0 Å². The number of carbonyl (C=O) groups excluding carboxylic acids is 3. The molecule has 0 aromatic rings. The second-order valence-corrected chi connectivity index (χ2v) is 9.11. The van der Waals surface area contributed by atoms with Crippen LogP contribution >= 0.6 is 0 Å². The molecule has 2 amide bonds. The van der Waals surface area contributed by atoms with Crippen molar-refractivity contribution >= 4 is 23.8 Å². The molecule has 0 aliphatic carbocycles. The summed E-state index contributed by atoms with van der Waals surface area (Å²) in [6, 6.07) is -3.02. The maximum Gasteiger partial charge on any atom is 0.364 e. The van der Waals surface area contributed by atoms with Crippen LogP contribution < -0.4 is 10.6 Å². The van der Waals surface area contributed by atoms with Gasteiger partial charge in [-0.05, 0) is 0 Å². The lowest BCUT2D eigenvalue weighted by molar-refractivity contribution is -0.328. The van der Waals surface area contributed by atoms with Crippen molar-refractivity contribution in [1.29, 1.82) is 0 Å². The predicted octanol–water partition coefficient (Wildman–Crippen LogP) is -6.36. The summed E-state index contributed by atoms with van der Waals surface area (Å²) >= 11 is 0. The summed E-state index contributed by atoms with van der Waals surface area (Å²) in [5, 5.41) is 85.7. The monoisotopic (exact) mass is 570 g/mol. The normalized spacial score (nSPS) is 36.3. The van der Waals surface area contributed by atoms with Crippen LogP contribution in [-0.4, -0.2) is 151 Å². The predicted molar refractivity (Wildman–Crippen MR) is 120 cm³/mol. The van der Waals surface area contributed by atoms with E-state index in [9.17, 15) is 54.9 Å². The van der Waals surface area contributed by atoms with Crippen molar-refractivity contribution in [3.8, 4) is 0 Å². The lowest BCUT2D eigenvalue weighted by Crippen LogP contribution is -2.69. The number of esters is 1. The van der Waals surface area contributed by atoms with Gasteiger partial charge in [-0.2, -0.15) is 0 Å². The molecule has 18 heteroatoms. The first kappa shape index (κ1) is 32.7. The number of aliphatic carboxylic acids is 1. The number of aliphatic hydroxyl groups excluding tert-OH is 7. The molecule has 2 heterocycles. The van der Waals surface area contributed by atoms with Crippen molar-refractivity contribution < 1.29 is 79.0 Å². The SMILES string of the molecule is CC(=O)N[C@@H]1[C@@H](O)[C@@H](O)[C@@H](CO[C@]2(C(=O)O)C[C@H](O)[C@@H](NC(=O)CO)[C@H]([C@H](O)[C@H](O)COC(C)=O)O2)O[C@H]1O. The third kappa shape index (κ3) is 8.01. The molecular weight excluding hydrogens is 536 g/mol. The van der Waals surface area contributed by atoms with Crippen LogP contribution in [0.25, 0.3) is 0 Å². The number of amides is 2. The van der Waals surface area contributed by atoms with E-state index in [-0.39, 0.29) is 0 Å². The molecule has 2 aliphatic heterocycles. The molecule has 2 saturated heterocycles. The summed E-state index contributed by atoms with van der Waals surface area (Å²) in [5.41, 5.74) is 0. The molecule has 0 spiro atoms. The second-order valence-electron chi connectivity index (χ2n) is 9.11. The third-order valence-electron chi connectivity index (χ3n) is 6.13. The van der Waals surface area contributed by atoms with Crippen LogP contribution in [0.3, 0.4) is 0 Å². The zero-order chi connectivity index (χ0) is 29.7. The number of hydrogen-bond acceptors (Lipinski definition) is 15. The summed E-state index contributed by atoms with van der Waals surface area (Å²) in [6.45, 7) is -0.603. The van der Waals surface area contributed by atoms with Crippen LogP contribution in [0, 0.1) is 0 Å². The van der Waals surface area contributed by atoms with Crippen LogP contribution in [0.4, 0.5) is 0 Å². The Morgan fingerprint density at radius 3 is 2.21 bits per heavy atom. The number of aliphatic hydroxyl groups is 7. The smallest absolute Gasteiger partial charge is 0.364 e. The molecule has 0 radical (unpaired) electrons. The van der Waals surface area contributed by atoms with E-state index < -0.39 is 117 Å². The number of nitrogens with one attached hydrogen (secondary N) is 2. The minimum Gasteiger partial charge on any atom is -0.477 e. The molecule has 2 rings (SSSR count). The van der Waals surface area contributed by atoms with Gasteiger partial charge in [0.25, 0.3) is 5.79 Å². The van der Waals surface area contributed by atoms with E-state index in [2.05, 4.69) is 15.4 Å². The van der Waals surface area contributed by atoms with Gasteiger partial charge in [0.05, 0.1) is 18.8 Å². The Balaban J connectivity index is 2.28. The lowest BCUT2D eigenvalue weighted by atomic mass is 9.88. The molecule has 39 heavy (non-hydrogen) atoms. The van der Waals surface area contributed by atoms with Crippen LogP contribution in [0.1, 0.15) is 20.3 Å². The van der Waals surface area contributed by atoms with Gasteiger partial charge < -0.3 is 70.4 Å². The molecule has 224 valence electrons. The fourth-order valence-corrected chi connectivity index (χ4v) is 4.16. The molecule has 10 N–H and O–H groups in total. The molecule has 2 fully saturated rings. The third-order valence-corrected chi connectivity index (χ3v) is 6.13. The first-order valence-corrected chi connectivity index (χ1v) is 11.7. The van der Waals surface area contributed by atoms with Crippen LogP contribution in [0.15, 0.2) is 0 Å². The van der Waals surface area contributed by atoms with Gasteiger partial charge >= 0.3 is 11.9 Å². The Kier molecular flexibility index (Phi) is 11.5. The summed E-state index contributed by atoms with van der Waals surface area (Å²) in [4.78, 5) is 46.4. The molecule has 0 unspecified atom stereocenters. The molecule has 11 atom stereocenters. The Bertz CT molecular complexity index is 890. The molecule has 0 aromatic heterocycles. The molecule has 2 aliphatic rings. The maximum absolute atomic E-state index is 12.3. The maximum atomic E-state index is 12.3. The summed E-state index contributed by atoms with van der Waals surface area (Å²) in [5.74, 6) is -7.19.